The molecule has 0 bridgehead atoms. The molecular formula is C7H11ClNO5P2+. The third-order valence-corrected chi connectivity index (χ3v) is 3.61. The first-order chi connectivity index (χ1) is 6.91. The summed E-state index contributed by atoms with van der Waals surface area (Å²) in [6, 6.07) is 6.12. The van der Waals surface area contributed by atoms with Gasteiger partial charge in [-0.25, -0.2) is 4.57 Å². The van der Waals surface area contributed by atoms with Crippen molar-refractivity contribution in [1.29, 1.82) is 0 Å². The van der Waals surface area contributed by atoms with Gasteiger partial charge in [0.2, 0.25) is 0 Å². The molecule has 1 rings (SSSR count). The first kappa shape index (κ1) is 15.5. The minimum absolute atomic E-state index is 0. The molecule has 0 aliphatic heterocycles. The lowest BCUT2D eigenvalue weighted by Crippen LogP contribution is -1.97. The van der Waals surface area contributed by atoms with Gasteiger partial charge in [-0.1, -0.05) is 31.2 Å². The van der Waals surface area contributed by atoms with Crippen LogP contribution in [0.2, 0.25) is 5.02 Å². The first-order valence-electron chi connectivity index (χ1n) is 3.62. The highest BCUT2D eigenvalue weighted by molar-refractivity contribution is 7.60. The molecule has 0 fully saturated rings. The highest BCUT2D eigenvalue weighted by Crippen LogP contribution is 2.50. The van der Waals surface area contributed by atoms with E-state index in [-0.39, 0.29) is 18.1 Å². The van der Waals surface area contributed by atoms with Gasteiger partial charge in [-0.3, -0.25) is 5.09 Å². The number of rotatable bonds is 4. The quantitative estimate of drug-likeness (QED) is 0.736. The zero-order valence-electron chi connectivity index (χ0n) is 7.20. The SMILES string of the molecule is C.O=[P+](O)OP(=O)(O)Nc1ccccc1Cl. The molecule has 0 amide bonds. The van der Waals surface area contributed by atoms with Crippen molar-refractivity contribution in [2.75, 3.05) is 5.09 Å². The summed E-state index contributed by atoms with van der Waals surface area (Å²) in [5, 5.41) is 2.23. The molecule has 0 aliphatic carbocycles. The molecule has 2 unspecified atom stereocenters. The molecular weight excluding hydrogens is 275 g/mol. The van der Waals surface area contributed by atoms with Crippen LogP contribution in [0.1, 0.15) is 7.43 Å². The minimum atomic E-state index is -4.37. The summed E-state index contributed by atoms with van der Waals surface area (Å²) in [5.74, 6) is 0. The molecule has 2 atom stereocenters. The van der Waals surface area contributed by atoms with E-state index >= 15 is 0 Å². The zero-order valence-corrected chi connectivity index (χ0v) is 9.75. The second-order valence-electron chi connectivity index (χ2n) is 2.43. The number of benzene rings is 1. The van der Waals surface area contributed by atoms with Gasteiger partial charge < -0.3 is 4.89 Å². The third-order valence-electron chi connectivity index (χ3n) is 1.32. The van der Waals surface area contributed by atoms with Gasteiger partial charge in [0.05, 0.1) is 10.7 Å². The summed E-state index contributed by atoms with van der Waals surface area (Å²) in [6.45, 7) is 0. The maximum atomic E-state index is 11.2. The van der Waals surface area contributed by atoms with Gasteiger partial charge in [0.15, 0.2) is 0 Å². The van der Waals surface area contributed by atoms with E-state index in [2.05, 4.69) is 4.31 Å². The second kappa shape index (κ2) is 6.30. The maximum Gasteiger partial charge on any atom is 0.705 e. The predicted octanol–water partition coefficient (Wildman–Crippen LogP) is 3.15. The van der Waals surface area contributed by atoms with Crippen LogP contribution in [0.3, 0.4) is 0 Å². The highest BCUT2D eigenvalue weighted by atomic mass is 35.5. The molecule has 0 saturated carbocycles. The van der Waals surface area contributed by atoms with E-state index in [9.17, 15) is 9.13 Å². The van der Waals surface area contributed by atoms with Gasteiger partial charge in [-0.15, -0.1) is 4.89 Å². The summed E-state index contributed by atoms with van der Waals surface area (Å²) < 4.78 is 25.3. The van der Waals surface area contributed by atoms with Crippen molar-refractivity contribution in [2.45, 2.75) is 7.43 Å². The lowest BCUT2D eigenvalue weighted by atomic mass is 10.3. The average molecular weight is 287 g/mol. The summed E-state index contributed by atoms with van der Waals surface area (Å²) in [6.07, 6.45) is 0. The smallest absolute Gasteiger partial charge is 0.305 e. The van der Waals surface area contributed by atoms with E-state index in [0.29, 0.717) is 0 Å². The van der Waals surface area contributed by atoms with E-state index in [1.807, 2.05) is 5.09 Å². The molecule has 1 aromatic carbocycles. The van der Waals surface area contributed by atoms with Gasteiger partial charge in [0, 0.05) is 4.57 Å². The lowest BCUT2D eigenvalue weighted by molar-refractivity contribution is 0.355. The lowest BCUT2D eigenvalue weighted by Gasteiger charge is -2.08. The Bertz CT molecular complexity index is 427. The van der Waals surface area contributed by atoms with Crippen molar-refractivity contribution < 1.29 is 23.2 Å². The van der Waals surface area contributed by atoms with E-state index in [0.717, 1.165) is 0 Å². The van der Waals surface area contributed by atoms with Gasteiger partial charge >= 0.3 is 16.0 Å². The second-order valence-corrected chi connectivity index (χ2v) is 5.23. The normalized spacial score (nSPS) is 14.6. The molecule has 0 saturated heterocycles. The fourth-order valence-electron chi connectivity index (χ4n) is 0.819. The standard InChI is InChI=1S/C6H6ClNO5P2.CH4/c7-5-3-1-2-4-6(5)8-15(11,12)13-14(9)10;/h1-4H,(H2-,8,9,10,11,12);1H4/p+1. The number of hydrogen-bond acceptors (Lipinski definition) is 3. The predicted molar refractivity (Wildman–Crippen MR) is 62.5 cm³/mol. The largest absolute Gasteiger partial charge is 0.705 e. The van der Waals surface area contributed by atoms with Gasteiger partial charge in [-0.2, -0.15) is 0 Å². The van der Waals surface area contributed by atoms with Crippen molar-refractivity contribution in [3.63, 3.8) is 0 Å². The molecule has 9 heteroatoms. The van der Waals surface area contributed by atoms with Crippen LogP contribution < -0.4 is 5.09 Å². The van der Waals surface area contributed by atoms with Gasteiger partial charge in [0.25, 0.3) is 0 Å². The monoisotopic (exact) mass is 286 g/mol. The Hall–Kier alpha value is -0.480. The molecule has 16 heavy (non-hydrogen) atoms. The van der Waals surface area contributed by atoms with Crippen molar-refractivity contribution >= 4 is 33.3 Å². The Balaban J connectivity index is 0.00000225. The summed E-state index contributed by atoms with van der Waals surface area (Å²) in [5.41, 5.74) is 0.141. The molecule has 0 aliphatic rings. The molecule has 0 aromatic heterocycles. The van der Waals surface area contributed by atoms with E-state index in [4.69, 9.17) is 21.4 Å². The number of halogens is 1. The average Bonchev–Trinajstić information content (AvgIpc) is 2.06. The maximum absolute atomic E-state index is 11.2. The Labute approximate surface area is 98.8 Å². The van der Waals surface area contributed by atoms with Crippen LogP contribution in [-0.4, -0.2) is 9.79 Å². The van der Waals surface area contributed by atoms with Crippen molar-refractivity contribution in [1.82, 2.24) is 0 Å². The molecule has 0 spiro atoms. The Morgan fingerprint density at radius 1 is 1.44 bits per heavy atom. The van der Waals surface area contributed by atoms with Crippen LogP contribution in [0.25, 0.3) is 0 Å². The molecule has 0 radical (unpaired) electrons. The van der Waals surface area contributed by atoms with Gasteiger partial charge in [-0.05, 0) is 16.4 Å². The summed E-state index contributed by atoms with van der Waals surface area (Å²) >= 11 is 5.68. The van der Waals surface area contributed by atoms with Crippen molar-refractivity contribution in [3.05, 3.63) is 29.3 Å². The molecule has 0 heterocycles. The van der Waals surface area contributed by atoms with E-state index < -0.39 is 16.0 Å². The number of anilines is 1. The molecule has 90 valence electrons. The molecule has 6 nitrogen and oxygen atoms in total. The van der Waals surface area contributed by atoms with E-state index in [1.165, 1.54) is 12.1 Å². The Kier molecular flexibility index (Phi) is 6.11. The van der Waals surface area contributed by atoms with Crippen LogP contribution in [0.15, 0.2) is 24.3 Å². The minimum Gasteiger partial charge on any atom is -0.305 e. The number of hydrogen-bond donors (Lipinski definition) is 3. The van der Waals surface area contributed by atoms with Crippen molar-refractivity contribution in [3.8, 4) is 0 Å². The fourth-order valence-corrected chi connectivity index (χ4v) is 2.49. The Morgan fingerprint density at radius 3 is 2.50 bits per heavy atom. The molecule has 3 N–H and O–H groups in total. The summed E-state index contributed by atoms with van der Waals surface area (Å²) in [4.78, 5) is 17.4. The first-order valence-corrected chi connectivity index (χ1v) is 6.71. The number of nitrogens with one attached hydrogen (secondary N) is 1. The fraction of sp³-hybridized carbons (Fsp3) is 0.143. The molecule has 1 aromatic rings. The third kappa shape index (κ3) is 5.03. The highest BCUT2D eigenvalue weighted by Gasteiger charge is 2.33. The van der Waals surface area contributed by atoms with Crippen LogP contribution >= 0.6 is 27.6 Å². The van der Waals surface area contributed by atoms with Crippen molar-refractivity contribution in [2.24, 2.45) is 0 Å². The van der Waals surface area contributed by atoms with Crippen LogP contribution in [0, 0.1) is 0 Å². The number of para-hydroxylation sites is 1. The van der Waals surface area contributed by atoms with Gasteiger partial charge in [0.1, 0.15) is 0 Å². The van der Waals surface area contributed by atoms with E-state index in [1.54, 1.807) is 12.1 Å². The van der Waals surface area contributed by atoms with Crippen LogP contribution in [0.4, 0.5) is 5.69 Å². The summed E-state index contributed by atoms with van der Waals surface area (Å²) in [7, 11) is -7.53. The van der Waals surface area contributed by atoms with Crippen LogP contribution in [0.5, 0.6) is 0 Å². The van der Waals surface area contributed by atoms with Crippen LogP contribution in [-0.2, 0) is 13.4 Å². The Morgan fingerprint density at radius 2 is 2.00 bits per heavy atom. The topological polar surface area (TPSA) is 95.9 Å². The zero-order chi connectivity index (χ0) is 11.5.